The van der Waals surface area contributed by atoms with Crippen LogP contribution in [-0.4, -0.2) is 34.7 Å². The van der Waals surface area contributed by atoms with E-state index in [-0.39, 0.29) is 22.8 Å². The lowest BCUT2D eigenvalue weighted by Crippen LogP contribution is -3.00. The standard InChI is InChI=1S/C16H22NOS.BrH/c1-2-3-4-5-14-6-8-15(9-7-14)16(18)12-17-10-11-19-13-17;/h6-9,13H,2-5,10-12H2,1H3;1H/q+1;/p-1. The average molecular weight is 356 g/mol. The molecule has 2 rings (SSSR count). The van der Waals surface area contributed by atoms with E-state index in [1.165, 1.54) is 24.8 Å². The van der Waals surface area contributed by atoms with Crippen molar-refractivity contribution < 1.29 is 26.4 Å². The number of rotatable bonds is 7. The first-order valence-electron chi connectivity index (χ1n) is 7.10. The van der Waals surface area contributed by atoms with Crippen molar-refractivity contribution in [2.45, 2.75) is 32.6 Å². The number of benzene rings is 1. The van der Waals surface area contributed by atoms with Gasteiger partial charge >= 0.3 is 0 Å². The summed E-state index contributed by atoms with van der Waals surface area (Å²) in [7, 11) is 0. The number of carbonyl (C=O) groups excluding carboxylic acids is 1. The van der Waals surface area contributed by atoms with Crippen molar-refractivity contribution in [1.82, 2.24) is 0 Å². The molecule has 0 unspecified atom stereocenters. The van der Waals surface area contributed by atoms with Crippen LogP contribution in [0.2, 0.25) is 0 Å². The Morgan fingerprint density at radius 2 is 2.00 bits per heavy atom. The van der Waals surface area contributed by atoms with Crippen LogP contribution in [0.3, 0.4) is 0 Å². The minimum atomic E-state index is 0. The van der Waals surface area contributed by atoms with E-state index in [2.05, 4.69) is 29.2 Å². The van der Waals surface area contributed by atoms with Crippen LogP contribution in [0.5, 0.6) is 0 Å². The molecule has 0 aromatic heterocycles. The van der Waals surface area contributed by atoms with Crippen LogP contribution in [0, 0.1) is 0 Å². The first-order valence-corrected chi connectivity index (χ1v) is 8.15. The van der Waals surface area contributed by atoms with Crippen LogP contribution < -0.4 is 17.0 Å². The molecule has 0 amide bonds. The molecule has 1 heterocycles. The summed E-state index contributed by atoms with van der Waals surface area (Å²) in [6.07, 6.45) is 4.90. The lowest BCUT2D eigenvalue weighted by Gasteiger charge is -2.03. The maximum Gasteiger partial charge on any atom is 0.227 e. The minimum Gasteiger partial charge on any atom is -1.00 e. The normalized spacial score (nSPS) is 13.8. The van der Waals surface area contributed by atoms with Crippen molar-refractivity contribution >= 4 is 23.1 Å². The number of ketones is 1. The molecule has 2 nitrogen and oxygen atoms in total. The summed E-state index contributed by atoms with van der Waals surface area (Å²) >= 11 is 1.78. The molecule has 0 aliphatic carbocycles. The third-order valence-corrected chi connectivity index (χ3v) is 4.28. The zero-order valence-corrected chi connectivity index (χ0v) is 14.4. The van der Waals surface area contributed by atoms with Gasteiger partial charge in [-0.05, 0) is 18.4 Å². The second-order valence-corrected chi connectivity index (χ2v) is 5.98. The number of Topliss-reactive ketones (excluding diaryl/α,β-unsaturated/α-hetero) is 1. The third kappa shape index (κ3) is 5.41. The summed E-state index contributed by atoms with van der Waals surface area (Å²) in [6, 6.07) is 8.16. The fourth-order valence-electron chi connectivity index (χ4n) is 2.21. The van der Waals surface area contributed by atoms with Crippen molar-refractivity contribution in [3.05, 3.63) is 35.4 Å². The predicted octanol–water partition coefficient (Wildman–Crippen LogP) is 0.394. The van der Waals surface area contributed by atoms with Gasteiger partial charge < -0.3 is 17.0 Å². The maximum absolute atomic E-state index is 12.1. The Balaban J connectivity index is 0.00000200. The van der Waals surface area contributed by atoms with Gasteiger partial charge in [-0.1, -0.05) is 55.8 Å². The summed E-state index contributed by atoms with van der Waals surface area (Å²) in [5, 5.41) is 0. The quantitative estimate of drug-likeness (QED) is 0.400. The van der Waals surface area contributed by atoms with Gasteiger partial charge in [0.1, 0.15) is 0 Å². The number of halogens is 1. The number of hydrogen-bond donors (Lipinski definition) is 0. The van der Waals surface area contributed by atoms with E-state index in [9.17, 15) is 4.79 Å². The lowest BCUT2D eigenvalue weighted by atomic mass is 10.0. The minimum absolute atomic E-state index is 0. The number of hydrogen-bond acceptors (Lipinski definition) is 2. The van der Waals surface area contributed by atoms with Gasteiger partial charge in [-0.3, -0.25) is 4.79 Å². The Morgan fingerprint density at radius 3 is 2.60 bits per heavy atom. The van der Waals surface area contributed by atoms with Gasteiger partial charge in [0.05, 0.1) is 5.75 Å². The van der Waals surface area contributed by atoms with E-state index >= 15 is 0 Å². The molecule has 0 radical (unpaired) electrons. The fraction of sp³-hybridized carbons (Fsp3) is 0.500. The van der Waals surface area contributed by atoms with Crippen LogP contribution in [0.15, 0.2) is 24.3 Å². The highest BCUT2D eigenvalue weighted by atomic mass is 79.9. The Morgan fingerprint density at radius 1 is 1.25 bits per heavy atom. The molecule has 0 atom stereocenters. The van der Waals surface area contributed by atoms with Crippen LogP contribution in [-0.2, 0) is 6.42 Å². The van der Waals surface area contributed by atoms with E-state index in [0.717, 1.165) is 24.3 Å². The molecule has 1 aromatic rings. The molecule has 1 aromatic carbocycles. The molecule has 1 aliphatic heterocycles. The summed E-state index contributed by atoms with van der Waals surface area (Å²) in [5.74, 6) is 1.32. The van der Waals surface area contributed by atoms with E-state index in [0.29, 0.717) is 6.54 Å². The molecule has 0 saturated heterocycles. The Kier molecular flexibility index (Phi) is 8.15. The average Bonchev–Trinajstić information content (AvgIpc) is 2.93. The van der Waals surface area contributed by atoms with Crippen LogP contribution in [0.4, 0.5) is 0 Å². The number of nitrogens with zero attached hydrogens (tertiary/aromatic N) is 1. The van der Waals surface area contributed by atoms with Crippen molar-refractivity contribution in [3.63, 3.8) is 0 Å². The third-order valence-electron chi connectivity index (χ3n) is 3.41. The van der Waals surface area contributed by atoms with Gasteiger partial charge in [-0.2, -0.15) is 0 Å². The van der Waals surface area contributed by atoms with E-state index in [4.69, 9.17) is 0 Å². The molecule has 0 bridgehead atoms. The highest BCUT2D eigenvalue weighted by Gasteiger charge is 2.17. The van der Waals surface area contributed by atoms with Gasteiger partial charge in [-0.25, -0.2) is 4.58 Å². The molecule has 20 heavy (non-hydrogen) atoms. The molecular formula is C16H22BrNOS. The van der Waals surface area contributed by atoms with Gasteiger partial charge in [-0.15, -0.1) is 0 Å². The SMILES string of the molecule is CCCCCc1ccc(C(=O)C[N+]2=CSCC2)cc1.[Br-]. The van der Waals surface area contributed by atoms with Gasteiger partial charge in [0.15, 0.2) is 12.1 Å². The van der Waals surface area contributed by atoms with Crippen LogP contribution in [0.25, 0.3) is 0 Å². The lowest BCUT2D eigenvalue weighted by molar-refractivity contribution is -0.499. The number of carbonyl (C=O) groups is 1. The first kappa shape index (κ1) is 17.4. The number of thioether (sulfide) groups is 1. The van der Waals surface area contributed by atoms with Crippen LogP contribution >= 0.6 is 11.8 Å². The molecule has 0 N–H and O–H groups in total. The zero-order chi connectivity index (χ0) is 13.5. The molecule has 1 aliphatic rings. The van der Waals surface area contributed by atoms with Gasteiger partial charge in [0.2, 0.25) is 12.3 Å². The molecule has 110 valence electrons. The smallest absolute Gasteiger partial charge is 0.227 e. The highest BCUT2D eigenvalue weighted by molar-refractivity contribution is 8.12. The van der Waals surface area contributed by atoms with Gasteiger partial charge in [0.25, 0.3) is 0 Å². The Hall–Kier alpha value is -0.610. The molecule has 0 spiro atoms. The monoisotopic (exact) mass is 355 g/mol. The highest BCUT2D eigenvalue weighted by Crippen LogP contribution is 2.10. The molecule has 0 fully saturated rings. The molecule has 0 saturated carbocycles. The van der Waals surface area contributed by atoms with E-state index < -0.39 is 0 Å². The summed E-state index contributed by atoms with van der Waals surface area (Å²) in [5.41, 5.74) is 4.25. The van der Waals surface area contributed by atoms with Gasteiger partial charge in [0, 0.05) is 5.56 Å². The largest absolute Gasteiger partial charge is 1.00 e. The van der Waals surface area contributed by atoms with E-state index in [1.807, 2.05) is 12.1 Å². The zero-order valence-electron chi connectivity index (χ0n) is 12.0. The second-order valence-electron chi connectivity index (χ2n) is 5.02. The van der Waals surface area contributed by atoms with Crippen molar-refractivity contribution in [2.24, 2.45) is 0 Å². The summed E-state index contributed by atoms with van der Waals surface area (Å²) < 4.78 is 2.10. The Labute approximate surface area is 136 Å². The summed E-state index contributed by atoms with van der Waals surface area (Å²) in [6.45, 7) is 3.73. The predicted molar refractivity (Wildman–Crippen MR) is 82.5 cm³/mol. The van der Waals surface area contributed by atoms with Crippen LogP contribution in [0.1, 0.15) is 42.1 Å². The second kappa shape index (κ2) is 9.35. The number of aryl methyl sites for hydroxylation is 1. The topological polar surface area (TPSA) is 20.1 Å². The summed E-state index contributed by atoms with van der Waals surface area (Å²) in [4.78, 5) is 12.1. The molecular weight excluding hydrogens is 334 g/mol. The first-order chi connectivity index (χ1) is 9.29. The molecule has 4 heteroatoms. The number of unbranched alkanes of at least 4 members (excludes halogenated alkanes) is 2. The van der Waals surface area contributed by atoms with Crippen molar-refractivity contribution in [1.29, 1.82) is 0 Å². The van der Waals surface area contributed by atoms with Crippen molar-refractivity contribution in [2.75, 3.05) is 18.8 Å². The van der Waals surface area contributed by atoms with E-state index in [1.54, 1.807) is 11.8 Å². The fourth-order valence-corrected chi connectivity index (χ4v) is 3.05. The maximum atomic E-state index is 12.1. The van der Waals surface area contributed by atoms with Crippen molar-refractivity contribution in [3.8, 4) is 0 Å². The Bertz CT molecular complexity index is 456.